The Morgan fingerprint density at radius 1 is 0.945 bits per heavy atom. The predicted molar refractivity (Wildman–Crippen MR) is 272 cm³/mol. The van der Waals surface area contributed by atoms with Crippen molar-refractivity contribution in [3.63, 3.8) is 0 Å². The number of benzene rings is 3. The number of ether oxygens (including phenoxy) is 2. The number of piperidine rings is 2. The molecular formula is C56H68F2N8O7. The Hall–Kier alpha value is -6.17. The van der Waals surface area contributed by atoms with E-state index in [1.807, 2.05) is 60.0 Å². The molecule has 1 saturated carbocycles. The molecule has 5 fully saturated rings. The molecule has 6 aliphatic rings. The SMILES string of the molecule is CC1=C(F)C=C2OC(CNC3CCN(C(=O)C4CCC(CN5CCC(c6cccc7c(N8CCC(=O)NC8=O)nn(C)c67)CC5)CC4)CC3)(c3ccccc3)C(C)C2C1c1c(C(N)=O)ccc(OCCO)c1F. The van der Waals surface area contributed by atoms with E-state index in [0.717, 1.165) is 87.5 Å². The summed E-state index contributed by atoms with van der Waals surface area (Å²) < 4.78 is 46.9. The van der Waals surface area contributed by atoms with E-state index in [-0.39, 0.29) is 71.8 Å². The number of halogens is 2. The third-order valence-electron chi connectivity index (χ3n) is 17.1. The minimum absolute atomic E-state index is 0.0326. The van der Waals surface area contributed by atoms with E-state index in [9.17, 15) is 24.3 Å². The van der Waals surface area contributed by atoms with Gasteiger partial charge >= 0.3 is 6.03 Å². The summed E-state index contributed by atoms with van der Waals surface area (Å²) in [6.45, 7) is 8.16. The summed E-state index contributed by atoms with van der Waals surface area (Å²) in [5.41, 5.74) is 8.14. The van der Waals surface area contributed by atoms with Crippen molar-refractivity contribution in [1.82, 2.24) is 30.2 Å². The summed E-state index contributed by atoms with van der Waals surface area (Å²) in [6, 6.07) is 18.4. The average Bonchev–Trinajstić information content (AvgIpc) is 3.88. The lowest BCUT2D eigenvalue weighted by atomic mass is 9.66. The lowest BCUT2D eigenvalue weighted by Crippen LogP contribution is -2.51. The zero-order valence-electron chi connectivity index (χ0n) is 42.1. The molecule has 15 nitrogen and oxygen atoms in total. The van der Waals surface area contributed by atoms with Crippen molar-refractivity contribution in [2.75, 3.05) is 63.9 Å². The number of imide groups is 1. The number of allylic oxidation sites excluding steroid dienone is 4. The number of nitrogens with two attached hydrogens (primary N) is 1. The average molecular weight is 1000 g/mol. The van der Waals surface area contributed by atoms with Crippen LogP contribution in [-0.4, -0.2) is 114 Å². The highest BCUT2D eigenvalue weighted by Gasteiger charge is 2.57. The summed E-state index contributed by atoms with van der Waals surface area (Å²) in [6.07, 6.45) is 9.12. The van der Waals surface area contributed by atoms with E-state index >= 15 is 8.78 Å². The molecule has 4 saturated heterocycles. The molecule has 5 N–H and O–H groups in total. The van der Waals surface area contributed by atoms with Crippen molar-refractivity contribution < 1.29 is 42.5 Å². The maximum absolute atomic E-state index is 16.6. The number of nitrogens with zero attached hydrogens (tertiary/aromatic N) is 5. The van der Waals surface area contributed by atoms with Crippen LogP contribution in [0.5, 0.6) is 5.75 Å². The number of amides is 5. The molecule has 4 unspecified atom stereocenters. The molecule has 5 heterocycles. The Bertz CT molecular complexity index is 2810. The third-order valence-corrected chi connectivity index (χ3v) is 17.1. The van der Waals surface area contributed by atoms with Crippen LogP contribution in [0.4, 0.5) is 19.4 Å². The number of urea groups is 1. The zero-order valence-corrected chi connectivity index (χ0v) is 42.1. The van der Waals surface area contributed by atoms with Gasteiger partial charge in [0.05, 0.1) is 12.1 Å². The van der Waals surface area contributed by atoms with E-state index in [0.29, 0.717) is 49.6 Å². The van der Waals surface area contributed by atoms with Crippen LogP contribution in [-0.2, 0) is 27.0 Å². The third kappa shape index (κ3) is 9.64. The van der Waals surface area contributed by atoms with Crippen LogP contribution in [0.15, 0.2) is 83.9 Å². The summed E-state index contributed by atoms with van der Waals surface area (Å²) in [4.78, 5) is 57.6. The Morgan fingerprint density at radius 2 is 1.68 bits per heavy atom. The highest BCUT2D eigenvalue weighted by atomic mass is 19.1. The van der Waals surface area contributed by atoms with E-state index < -0.39 is 41.0 Å². The molecule has 0 radical (unpaired) electrons. The van der Waals surface area contributed by atoms with Gasteiger partial charge in [0.15, 0.2) is 17.4 Å². The fourth-order valence-corrected chi connectivity index (χ4v) is 13.1. The van der Waals surface area contributed by atoms with Crippen LogP contribution < -0.4 is 26.0 Å². The number of carbonyl (C=O) groups excluding carboxylic acids is 4. The molecule has 388 valence electrons. The molecule has 1 aromatic heterocycles. The number of rotatable bonds is 14. The molecule has 10 rings (SSSR count). The number of fused-ring (bicyclic) bond motifs is 2. The molecule has 5 amide bonds. The fourth-order valence-electron chi connectivity index (χ4n) is 13.1. The quantitative estimate of drug-likeness (QED) is 0.100. The van der Waals surface area contributed by atoms with Crippen molar-refractivity contribution >= 4 is 40.5 Å². The van der Waals surface area contributed by atoms with Gasteiger partial charge in [-0.3, -0.25) is 29.3 Å². The van der Waals surface area contributed by atoms with Crippen LogP contribution >= 0.6 is 0 Å². The molecule has 4 aromatic rings. The van der Waals surface area contributed by atoms with Gasteiger partial charge in [-0.2, -0.15) is 5.10 Å². The smallest absolute Gasteiger partial charge is 0.329 e. The lowest BCUT2D eigenvalue weighted by Gasteiger charge is -2.40. The Morgan fingerprint density at radius 3 is 2.38 bits per heavy atom. The Balaban J connectivity index is 0.732. The van der Waals surface area contributed by atoms with Crippen molar-refractivity contribution in [2.45, 2.75) is 95.1 Å². The van der Waals surface area contributed by atoms with Crippen LogP contribution in [0.25, 0.3) is 10.9 Å². The molecule has 3 aromatic carbocycles. The first-order valence-corrected chi connectivity index (χ1v) is 26.3. The number of primary amides is 1. The molecule has 4 aliphatic heterocycles. The molecule has 0 spiro atoms. The number of aliphatic hydroxyl groups excluding tert-OH is 1. The van der Waals surface area contributed by atoms with Crippen molar-refractivity contribution in [3.05, 3.63) is 112 Å². The number of likely N-dealkylation sites (tertiary alicyclic amines) is 2. The minimum atomic E-state index is -0.991. The van der Waals surface area contributed by atoms with Gasteiger partial charge in [-0.15, -0.1) is 0 Å². The van der Waals surface area contributed by atoms with Gasteiger partial charge in [0.1, 0.15) is 23.8 Å². The van der Waals surface area contributed by atoms with Gasteiger partial charge in [0.2, 0.25) is 17.7 Å². The number of anilines is 1. The summed E-state index contributed by atoms with van der Waals surface area (Å²) >= 11 is 0. The highest BCUT2D eigenvalue weighted by molar-refractivity contribution is 6.09. The second kappa shape index (κ2) is 21.0. The highest BCUT2D eigenvalue weighted by Crippen LogP contribution is 2.59. The fraction of sp³-hybridized carbons (Fsp3) is 0.518. The van der Waals surface area contributed by atoms with Crippen LogP contribution in [0.2, 0.25) is 0 Å². The first-order chi connectivity index (χ1) is 35.3. The molecular weight excluding hydrogens is 935 g/mol. The predicted octanol–water partition coefficient (Wildman–Crippen LogP) is 7.30. The monoisotopic (exact) mass is 1000 g/mol. The number of aryl methyl sites for hydroxylation is 1. The van der Waals surface area contributed by atoms with Crippen molar-refractivity contribution in [2.24, 2.45) is 36.5 Å². The maximum Gasteiger partial charge on any atom is 0.329 e. The number of carbonyl (C=O) groups is 4. The van der Waals surface area contributed by atoms with Gasteiger partial charge in [0, 0.05) is 98.5 Å². The van der Waals surface area contributed by atoms with Gasteiger partial charge in [0.25, 0.3) is 0 Å². The van der Waals surface area contributed by atoms with E-state index in [2.05, 4.69) is 27.7 Å². The zero-order chi connectivity index (χ0) is 51.1. The second-order valence-electron chi connectivity index (χ2n) is 21.2. The summed E-state index contributed by atoms with van der Waals surface area (Å²) in [5, 5.41) is 21.3. The number of hydrogen-bond donors (Lipinski definition) is 4. The molecule has 2 aliphatic carbocycles. The van der Waals surface area contributed by atoms with Crippen LogP contribution in [0.3, 0.4) is 0 Å². The normalized spacial score (nSPS) is 26.4. The lowest BCUT2D eigenvalue weighted by molar-refractivity contribution is -0.138. The number of nitrogens with one attached hydrogen (secondary N) is 2. The van der Waals surface area contributed by atoms with Gasteiger partial charge in [-0.05, 0) is 118 Å². The molecule has 73 heavy (non-hydrogen) atoms. The van der Waals surface area contributed by atoms with Crippen LogP contribution in [0, 0.1) is 29.5 Å². The number of aliphatic hydroxyl groups is 1. The molecule has 0 bridgehead atoms. The topological polar surface area (TPSA) is 185 Å². The van der Waals surface area contributed by atoms with E-state index in [4.69, 9.17) is 20.3 Å². The number of aromatic nitrogens is 2. The van der Waals surface area contributed by atoms with Crippen LogP contribution in [0.1, 0.15) is 111 Å². The maximum atomic E-state index is 16.6. The van der Waals surface area contributed by atoms with Gasteiger partial charge in [-0.25, -0.2) is 13.6 Å². The first-order valence-electron chi connectivity index (χ1n) is 26.3. The first kappa shape index (κ1) is 50.4. The van der Waals surface area contributed by atoms with Crippen molar-refractivity contribution in [3.8, 4) is 5.75 Å². The largest absolute Gasteiger partial charge is 0.488 e. The van der Waals surface area contributed by atoms with E-state index in [1.165, 1.54) is 23.8 Å². The van der Waals surface area contributed by atoms with Crippen molar-refractivity contribution in [1.29, 1.82) is 0 Å². The minimum Gasteiger partial charge on any atom is -0.488 e. The second-order valence-corrected chi connectivity index (χ2v) is 21.2. The number of para-hydroxylation sites is 1. The molecule has 17 heteroatoms. The molecule has 4 atom stereocenters. The summed E-state index contributed by atoms with van der Waals surface area (Å²) in [7, 11) is 1.92. The van der Waals surface area contributed by atoms with Gasteiger partial charge < -0.3 is 35.4 Å². The Kier molecular flexibility index (Phi) is 14.5. The van der Waals surface area contributed by atoms with Gasteiger partial charge in [-0.1, -0.05) is 49.4 Å². The van der Waals surface area contributed by atoms with E-state index in [1.54, 1.807) is 11.8 Å². The summed E-state index contributed by atoms with van der Waals surface area (Å²) in [5.74, 6) is -2.34. The standard InChI is InChI=1S/C56H68F2N8O7/c1-33-43(57)30-45-48(47(33)49-41(52(59)69)16-17-44(50(49)58)72-29-28-67)34(2)56(73-45,38-8-5-4-6-9-38)32-60-39-20-25-65(26-21-39)54(70)37-14-12-35(13-15-37)31-64-23-18-36(19-24-64)40-10-7-11-42-51(40)63(3)62-53(42)66-27-22-46(68)61-55(66)71/h4-11,16-17,30,34-37,39,47-48,60,67H,12-15,18-29,31-32H2,1-3H3,(H2,59,69)(H,61,68,71). The Labute approximate surface area is 425 Å². The number of hydrogen-bond acceptors (Lipinski definition) is 10.